The van der Waals surface area contributed by atoms with Crippen LogP contribution in [0.25, 0.3) is 0 Å². The summed E-state index contributed by atoms with van der Waals surface area (Å²) in [7, 11) is 1.96. The zero-order valence-corrected chi connectivity index (χ0v) is 13.8. The molecule has 5 heteroatoms. The predicted molar refractivity (Wildman–Crippen MR) is 92.3 cm³/mol. The maximum Gasteiger partial charge on any atom is 0.193 e. The van der Waals surface area contributed by atoms with Gasteiger partial charge in [-0.25, -0.2) is 0 Å². The average Bonchev–Trinajstić information content (AvgIpc) is 2.74. The number of anilines is 1. The van der Waals surface area contributed by atoms with Crippen LogP contribution in [-0.4, -0.2) is 22.3 Å². The summed E-state index contributed by atoms with van der Waals surface area (Å²) in [5.41, 5.74) is 11.7. The average molecular weight is 299 g/mol. The van der Waals surface area contributed by atoms with E-state index in [0.29, 0.717) is 12.5 Å². The van der Waals surface area contributed by atoms with Crippen molar-refractivity contribution < 1.29 is 0 Å². The molecule has 0 aliphatic heterocycles. The van der Waals surface area contributed by atoms with E-state index in [4.69, 9.17) is 5.73 Å². The Morgan fingerprint density at radius 2 is 1.95 bits per heavy atom. The SMILES string of the molecule is CCc1ccc(NC(N)=NCCc2c(C)nn(C)c2C)cc1. The Bertz CT molecular complexity index is 652. The summed E-state index contributed by atoms with van der Waals surface area (Å²) >= 11 is 0. The number of aromatic nitrogens is 2. The number of aliphatic imine (C=N–C) groups is 1. The van der Waals surface area contributed by atoms with Gasteiger partial charge in [0.15, 0.2) is 5.96 Å². The lowest BCUT2D eigenvalue weighted by molar-refractivity contribution is 0.730. The van der Waals surface area contributed by atoms with Gasteiger partial charge in [0.25, 0.3) is 0 Å². The largest absolute Gasteiger partial charge is 0.370 e. The number of hydrogen-bond donors (Lipinski definition) is 2. The van der Waals surface area contributed by atoms with Crippen LogP contribution in [0.15, 0.2) is 29.3 Å². The first-order chi connectivity index (χ1) is 10.5. The van der Waals surface area contributed by atoms with Crippen molar-refractivity contribution >= 4 is 11.6 Å². The van der Waals surface area contributed by atoms with Gasteiger partial charge in [-0.05, 0) is 49.9 Å². The fourth-order valence-electron chi connectivity index (χ4n) is 2.48. The van der Waals surface area contributed by atoms with E-state index in [2.05, 4.69) is 41.4 Å². The lowest BCUT2D eigenvalue weighted by Crippen LogP contribution is -2.23. The molecule has 0 radical (unpaired) electrons. The van der Waals surface area contributed by atoms with Crippen LogP contribution < -0.4 is 11.1 Å². The summed E-state index contributed by atoms with van der Waals surface area (Å²) in [5.74, 6) is 0.448. The molecule has 1 aromatic carbocycles. The predicted octanol–water partition coefficient (Wildman–Crippen LogP) is 2.57. The smallest absolute Gasteiger partial charge is 0.193 e. The minimum atomic E-state index is 0.448. The molecule has 0 amide bonds. The molecule has 0 aliphatic rings. The Hall–Kier alpha value is -2.30. The third-order valence-corrected chi connectivity index (χ3v) is 3.94. The highest BCUT2D eigenvalue weighted by Gasteiger charge is 2.08. The molecule has 3 N–H and O–H groups in total. The van der Waals surface area contributed by atoms with E-state index < -0.39 is 0 Å². The first kappa shape index (κ1) is 16.1. The molecule has 0 saturated carbocycles. The van der Waals surface area contributed by atoms with Crippen LogP contribution in [0, 0.1) is 13.8 Å². The maximum absolute atomic E-state index is 5.94. The number of guanidine groups is 1. The molecule has 0 saturated heterocycles. The van der Waals surface area contributed by atoms with E-state index in [0.717, 1.165) is 24.2 Å². The van der Waals surface area contributed by atoms with E-state index in [9.17, 15) is 0 Å². The minimum Gasteiger partial charge on any atom is -0.370 e. The van der Waals surface area contributed by atoms with Crippen molar-refractivity contribution in [3.05, 3.63) is 46.8 Å². The third-order valence-electron chi connectivity index (χ3n) is 3.94. The van der Waals surface area contributed by atoms with Crippen LogP contribution in [0.2, 0.25) is 0 Å². The van der Waals surface area contributed by atoms with Gasteiger partial charge in [-0.3, -0.25) is 9.67 Å². The molecular weight excluding hydrogens is 274 g/mol. The van der Waals surface area contributed by atoms with Crippen molar-refractivity contribution in [1.82, 2.24) is 9.78 Å². The standard InChI is InChI=1S/C17H25N5/c1-5-14-6-8-15(9-7-14)20-17(18)19-11-10-16-12(2)21-22(4)13(16)3/h6-9H,5,10-11H2,1-4H3,(H3,18,19,20). The molecule has 1 heterocycles. The van der Waals surface area contributed by atoms with Gasteiger partial charge >= 0.3 is 0 Å². The summed E-state index contributed by atoms with van der Waals surface area (Å²) in [6, 6.07) is 8.24. The van der Waals surface area contributed by atoms with E-state index in [-0.39, 0.29) is 0 Å². The molecule has 22 heavy (non-hydrogen) atoms. The number of aryl methyl sites for hydroxylation is 3. The Kier molecular flexibility index (Phi) is 5.20. The second kappa shape index (κ2) is 7.11. The van der Waals surface area contributed by atoms with Crippen LogP contribution >= 0.6 is 0 Å². The molecule has 0 atom stereocenters. The molecule has 2 rings (SSSR count). The van der Waals surface area contributed by atoms with Crippen LogP contribution in [0.1, 0.15) is 29.4 Å². The Balaban J connectivity index is 1.92. The normalized spacial score (nSPS) is 11.7. The fraction of sp³-hybridized carbons (Fsp3) is 0.412. The second-order valence-electron chi connectivity index (χ2n) is 5.47. The summed E-state index contributed by atoms with van der Waals surface area (Å²) < 4.78 is 1.91. The van der Waals surface area contributed by atoms with Gasteiger partial charge < -0.3 is 11.1 Å². The van der Waals surface area contributed by atoms with Gasteiger partial charge in [-0.2, -0.15) is 5.10 Å². The molecule has 0 aliphatic carbocycles. The van der Waals surface area contributed by atoms with Crippen molar-refractivity contribution in [2.75, 3.05) is 11.9 Å². The van der Waals surface area contributed by atoms with E-state index in [1.54, 1.807) is 0 Å². The summed E-state index contributed by atoms with van der Waals surface area (Å²) in [5, 5.41) is 7.53. The first-order valence-electron chi connectivity index (χ1n) is 7.66. The zero-order chi connectivity index (χ0) is 16.1. The van der Waals surface area contributed by atoms with E-state index >= 15 is 0 Å². The number of rotatable bonds is 5. The number of benzene rings is 1. The fourth-order valence-corrected chi connectivity index (χ4v) is 2.48. The van der Waals surface area contributed by atoms with E-state index in [1.807, 2.05) is 30.8 Å². The second-order valence-corrected chi connectivity index (χ2v) is 5.47. The lowest BCUT2D eigenvalue weighted by atomic mass is 10.1. The third kappa shape index (κ3) is 3.87. The molecule has 5 nitrogen and oxygen atoms in total. The van der Waals surface area contributed by atoms with E-state index in [1.165, 1.54) is 16.8 Å². The van der Waals surface area contributed by atoms with Crippen LogP contribution in [0.4, 0.5) is 5.69 Å². The molecular formula is C17H25N5. The highest BCUT2D eigenvalue weighted by atomic mass is 15.3. The van der Waals surface area contributed by atoms with Crippen LogP contribution in [0.3, 0.4) is 0 Å². The number of hydrogen-bond acceptors (Lipinski definition) is 2. The Morgan fingerprint density at radius 3 is 2.50 bits per heavy atom. The zero-order valence-electron chi connectivity index (χ0n) is 13.8. The van der Waals surface area contributed by atoms with Crippen molar-refractivity contribution in [2.24, 2.45) is 17.8 Å². The topological polar surface area (TPSA) is 68.2 Å². The Morgan fingerprint density at radius 1 is 1.27 bits per heavy atom. The quantitative estimate of drug-likeness (QED) is 0.658. The van der Waals surface area contributed by atoms with Gasteiger partial charge in [-0.1, -0.05) is 19.1 Å². The highest BCUT2D eigenvalue weighted by molar-refractivity contribution is 5.92. The van der Waals surface area contributed by atoms with Crippen molar-refractivity contribution in [3.8, 4) is 0 Å². The van der Waals surface area contributed by atoms with Crippen LogP contribution in [-0.2, 0) is 19.9 Å². The van der Waals surface area contributed by atoms with Crippen LogP contribution in [0.5, 0.6) is 0 Å². The minimum absolute atomic E-state index is 0.448. The molecule has 2 aromatic rings. The monoisotopic (exact) mass is 299 g/mol. The molecule has 0 bridgehead atoms. The van der Waals surface area contributed by atoms with Crippen molar-refractivity contribution in [1.29, 1.82) is 0 Å². The van der Waals surface area contributed by atoms with Crippen molar-refractivity contribution in [3.63, 3.8) is 0 Å². The Labute approximate surface area is 132 Å². The number of nitrogens with zero attached hydrogens (tertiary/aromatic N) is 3. The lowest BCUT2D eigenvalue weighted by Gasteiger charge is -2.06. The summed E-state index contributed by atoms with van der Waals surface area (Å²) in [6.07, 6.45) is 1.89. The maximum atomic E-state index is 5.94. The molecule has 118 valence electrons. The van der Waals surface area contributed by atoms with Gasteiger partial charge in [0.05, 0.1) is 5.69 Å². The van der Waals surface area contributed by atoms with Crippen molar-refractivity contribution in [2.45, 2.75) is 33.6 Å². The molecule has 0 spiro atoms. The van der Waals surface area contributed by atoms with Gasteiger partial charge in [-0.15, -0.1) is 0 Å². The number of nitrogens with two attached hydrogens (primary N) is 1. The molecule has 0 unspecified atom stereocenters. The first-order valence-corrected chi connectivity index (χ1v) is 7.66. The van der Waals surface area contributed by atoms with Gasteiger partial charge in [0.1, 0.15) is 0 Å². The molecule has 1 aromatic heterocycles. The number of nitrogens with one attached hydrogen (secondary N) is 1. The summed E-state index contributed by atoms with van der Waals surface area (Å²) in [6.45, 7) is 6.90. The summed E-state index contributed by atoms with van der Waals surface area (Å²) in [4.78, 5) is 4.40. The molecule has 0 fully saturated rings. The van der Waals surface area contributed by atoms with Gasteiger partial charge in [0, 0.05) is 25.0 Å². The highest BCUT2D eigenvalue weighted by Crippen LogP contribution is 2.13. The van der Waals surface area contributed by atoms with Gasteiger partial charge in [0.2, 0.25) is 0 Å².